The lowest BCUT2D eigenvalue weighted by Crippen LogP contribution is -2.27. The van der Waals surface area contributed by atoms with Gasteiger partial charge in [-0.15, -0.1) is 11.6 Å². The third-order valence-electron chi connectivity index (χ3n) is 6.83. The van der Waals surface area contributed by atoms with Crippen LogP contribution in [0.25, 0.3) is 0 Å². The van der Waals surface area contributed by atoms with Crippen LogP contribution < -0.4 is 4.74 Å². The van der Waals surface area contributed by atoms with Crippen LogP contribution >= 0.6 is 11.6 Å². The van der Waals surface area contributed by atoms with E-state index in [2.05, 4.69) is 56.3 Å². The summed E-state index contributed by atoms with van der Waals surface area (Å²) in [5.41, 5.74) is 2.38. The summed E-state index contributed by atoms with van der Waals surface area (Å²) < 4.78 is 6.08. The van der Waals surface area contributed by atoms with Gasteiger partial charge in [0.15, 0.2) is 0 Å². The van der Waals surface area contributed by atoms with Crippen molar-refractivity contribution in [3.63, 3.8) is 0 Å². The average Bonchev–Trinajstić information content (AvgIpc) is 3.07. The fourth-order valence-electron chi connectivity index (χ4n) is 4.62. The van der Waals surface area contributed by atoms with Crippen molar-refractivity contribution in [2.45, 2.75) is 62.8 Å². The van der Waals surface area contributed by atoms with Crippen molar-refractivity contribution in [3.8, 4) is 5.75 Å². The van der Waals surface area contributed by atoms with Crippen LogP contribution in [0.3, 0.4) is 0 Å². The zero-order valence-electron chi connectivity index (χ0n) is 19.5. The van der Waals surface area contributed by atoms with Gasteiger partial charge in [-0.3, -0.25) is 4.79 Å². The molecule has 0 spiro atoms. The number of aliphatic hydroxyl groups excluding tert-OH is 1. The first-order valence-corrected chi connectivity index (χ1v) is 12.2. The Morgan fingerprint density at radius 3 is 2.39 bits per heavy atom. The SMILES string of the molecule is CC(C)(c1ccccc1)c1ccc(OC[C@@H]2[C@@H](C/C=C\CCCC(=O)O)[C@H](Cl)C[C@H]2O)cc1. The minimum absolute atomic E-state index is 0.0309. The summed E-state index contributed by atoms with van der Waals surface area (Å²) in [5.74, 6) is 0.123. The Balaban J connectivity index is 1.56. The van der Waals surface area contributed by atoms with Gasteiger partial charge in [-0.2, -0.15) is 0 Å². The molecule has 2 N–H and O–H groups in total. The molecule has 0 heterocycles. The second-order valence-corrected chi connectivity index (χ2v) is 10.0. The van der Waals surface area contributed by atoms with Crippen molar-refractivity contribution in [3.05, 3.63) is 77.9 Å². The summed E-state index contributed by atoms with van der Waals surface area (Å²) >= 11 is 6.53. The van der Waals surface area contributed by atoms with E-state index in [4.69, 9.17) is 21.4 Å². The molecule has 1 fully saturated rings. The molecule has 0 radical (unpaired) electrons. The fraction of sp³-hybridized carbons (Fsp3) is 0.464. The Kier molecular flexibility index (Phi) is 8.99. The van der Waals surface area contributed by atoms with Crippen LogP contribution in [0.2, 0.25) is 0 Å². The molecule has 33 heavy (non-hydrogen) atoms. The molecular formula is C28H35ClO4. The van der Waals surface area contributed by atoms with Gasteiger partial charge >= 0.3 is 5.97 Å². The number of carboxylic acid groups (broad SMARTS) is 1. The third-order valence-corrected chi connectivity index (χ3v) is 7.33. The molecule has 1 aliphatic carbocycles. The zero-order chi connectivity index (χ0) is 23.8. The lowest BCUT2D eigenvalue weighted by atomic mass is 9.78. The quantitative estimate of drug-likeness (QED) is 0.233. The summed E-state index contributed by atoms with van der Waals surface area (Å²) in [5, 5.41) is 19.2. The molecule has 0 aliphatic heterocycles. The maximum atomic E-state index is 10.6. The Bertz CT molecular complexity index is 907. The number of unbranched alkanes of at least 4 members (excludes halogenated alkanes) is 1. The van der Waals surface area contributed by atoms with Crippen molar-refractivity contribution in [2.24, 2.45) is 11.8 Å². The number of allylic oxidation sites excluding steroid dienone is 2. The molecule has 0 aromatic heterocycles. The smallest absolute Gasteiger partial charge is 0.303 e. The van der Waals surface area contributed by atoms with Crippen LogP contribution in [0, 0.1) is 11.8 Å². The van der Waals surface area contributed by atoms with Gasteiger partial charge < -0.3 is 14.9 Å². The van der Waals surface area contributed by atoms with E-state index < -0.39 is 12.1 Å². The Hall–Kier alpha value is -2.30. The van der Waals surface area contributed by atoms with Gasteiger partial charge in [0.1, 0.15) is 5.75 Å². The second kappa shape index (κ2) is 11.7. The fourth-order valence-corrected chi connectivity index (χ4v) is 5.09. The highest BCUT2D eigenvalue weighted by Crippen LogP contribution is 2.39. The summed E-state index contributed by atoms with van der Waals surface area (Å²) in [4.78, 5) is 10.6. The predicted molar refractivity (Wildman–Crippen MR) is 133 cm³/mol. The molecule has 178 valence electrons. The molecular weight excluding hydrogens is 436 g/mol. The predicted octanol–water partition coefficient (Wildman–Crippen LogP) is 6.20. The Labute approximate surface area is 202 Å². The Morgan fingerprint density at radius 1 is 1.06 bits per heavy atom. The van der Waals surface area contributed by atoms with E-state index in [1.54, 1.807) is 0 Å². The van der Waals surface area contributed by atoms with E-state index in [1.165, 1.54) is 11.1 Å². The van der Waals surface area contributed by atoms with E-state index in [1.807, 2.05) is 24.3 Å². The summed E-state index contributed by atoms with van der Waals surface area (Å²) in [7, 11) is 0. The van der Waals surface area contributed by atoms with Gasteiger partial charge in [0.2, 0.25) is 0 Å². The van der Waals surface area contributed by atoms with Gasteiger partial charge in [0, 0.05) is 23.1 Å². The highest BCUT2D eigenvalue weighted by atomic mass is 35.5. The molecule has 0 amide bonds. The standard InChI is InChI=1S/C28H35ClO4/c1-28(2,20-10-6-5-7-11-20)21-14-16-22(17-15-21)33-19-24-23(25(29)18-26(24)30)12-8-3-4-9-13-27(31)32/h3,5-8,10-11,14-17,23-26,30H,4,9,12-13,18-19H2,1-2H3,(H,31,32)/b8-3-/t23-,24-,25-,26-/m1/s1. The van der Waals surface area contributed by atoms with Gasteiger partial charge in [0.05, 0.1) is 12.7 Å². The second-order valence-electron chi connectivity index (χ2n) is 9.47. The monoisotopic (exact) mass is 470 g/mol. The molecule has 0 bridgehead atoms. The summed E-state index contributed by atoms with van der Waals surface area (Å²) in [6.45, 7) is 4.85. The first-order chi connectivity index (χ1) is 15.8. The molecule has 4 nitrogen and oxygen atoms in total. The van der Waals surface area contributed by atoms with Crippen LogP contribution in [0.5, 0.6) is 5.75 Å². The zero-order valence-corrected chi connectivity index (χ0v) is 20.2. The average molecular weight is 471 g/mol. The molecule has 5 heteroatoms. The Morgan fingerprint density at radius 2 is 1.73 bits per heavy atom. The minimum atomic E-state index is -0.767. The van der Waals surface area contributed by atoms with Crippen molar-refractivity contribution in [1.82, 2.24) is 0 Å². The number of alkyl halides is 1. The van der Waals surface area contributed by atoms with E-state index in [9.17, 15) is 9.90 Å². The van der Waals surface area contributed by atoms with E-state index in [-0.39, 0.29) is 29.0 Å². The molecule has 2 aromatic rings. The number of rotatable bonds is 11. The number of ether oxygens (including phenoxy) is 1. The number of benzene rings is 2. The van der Waals surface area contributed by atoms with Gasteiger partial charge in [-0.05, 0) is 54.9 Å². The molecule has 1 aliphatic rings. The topological polar surface area (TPSA) is 66.8 Å². The number of carbonyl (C=O) groups is 1. The number of aliphatic hydroxyl groups is 1. The van der Waals surface area contributed by atoms with Gasteiger partial charge in [-0.1, -0.05) is 68.5 Å². The van der Waals surface area contributed by atoms with Crippen LogP contribution in [0.1, 0.15) is 57.1 Å². The first kappa shape index (κ1) is 25.3. The maximum Gasteiger partial charge on any atom is 0.303 e. The maximum absolute atomic E-state index is 10.6. The molecule has 1 saturated carbocycles. The van der Waals surface area contributed by atoms with E-state index >= 15 is 0 Å². The van der Waals surface area contributed by atoms with E-state index in [0.29, 0.717) is 19.4 Å². The lowest BCUT2D eigenvalue weighted by molar-refractivity contribution is -0.137. The van der Waals surface area contributed by atoms with Gasteiger partial charge in [-0.25, -0.2) is 0 Å². The third kappa shape index (κ3) is 6.84. The largest absolute Gasteiger partial charge is 0.493 e. The highest BCUT2D eigenvalue weighted by molar-refractivity contribution is 6.21. The van der Waals surface area contributed by atoms with Crippen LogP contribution in [0.4, 0.5) is 0 Å². The number of hydrogen-bond acceptors (Lipinski definition) is 3. The van der Waals surface area contributed by atoms with Crippen LogP contribution in [-0.4, -0.2) is 34.3 Å². The first-order valence-electron chi connectivity index (χ1n) is 11.8. The highest BCUT2D eigenvalue weighted by Gasteiger charge is 2.41. The number of carboxylic acids is 1. The van der Waals surface area contributed by atoms with Crippen molar-refractivity contribution in [2.75, 3.05) is 6.61 Å². The molecule has 3 rings (SSSR count). The lowest BCUT2D eigenvalue weighted by Gasteiger charge is -2.26. The normalized spacial score (nSPS) is 23.2. The van der Waals surface area contributed by atoms with Crippen LogP contribution in [0.15, 0.2) is 66.7 Å². The molecule has 0 saturated heterocycles. The van der Waals surface area contributed by atoms with E-state index in [0.717, 1.165) is 18.6 Å². The van der Waals surface area contributed by atoms with Crippen molar-refractivity contribution >= 4 is 17.6 Å². The molecule has 4 atom stereocenters. The van der Waals surface area contributed by atoms with Crippen molar-refractivity contribution < 1.29 is 19.7 Å². The summed E-state index contributed by atoms with van der Waals surface area (Å²) in [6.07, 6.45) is 6.48. The minimum Gasteiger partial charge on any atom is -0.493 e. The molecule has 0 unspecified atom stereocenters. The summed E-state index contributed by atoms with van der Waals surface area (Å²) in [6, 6.07) is 18.7. The molecule has 2 aromatic carbocycles. The van der Waals surface area contributed by atoms with Crippen molar-refractivity contribution in [1.29, 1.82) is 0 Å². The number of halogens is 1. The number of aliphatic carboxylic acids is 1. The van der Waals surface area contributed by atoms with Crippen LogP contribution in [-0.2, 0) is 10.2 Å². The number of hydrogen-bond donors (Lipinski definition) is 2. The van der Waals surface area contributed by atoms with Gasteiger partial charge in [0.25, 0.3) is 0 Å².